The van der Waals surface area contributed by atoms with Gasteiger partial charge in [0, 0.05) is 24.9 Å². The molecule has 0 saturated heterocycles. The Morgan fingerprint density at radius 2 is 2.47 bits per heavy atom. The molecule has 0 bridgehead atoms. The molecule has 15 heavy (non-hydrogen) atoms. The maximum Gasteiger partial charge on any atom is 0.233 e. The van der Waals surface area contributed by atoms with E-state index >= 15 is 0 Å². The minimum absolute atomic E-state index is 0.00708. The molecule has 0 spiro atoms. The van der Waals surface area contributed by atoms with E-state index in [1.54, 1.807) is 18.4 Å². The van der Waals surface area contributed by atoms with Gasteiger partial charge < -0.3 is 10.6 Å². The van der Waals surface area contributed by atoms with Crippen molar-refractivity contribution in [3.63, 3.8) is 0 Å². The van der Waals surface area contributed by atoms with Gasteiger partial charge in [0.25, 0.3) is 0 Å². The third-order valence-corrected chi connectivity index (χ3v) is 3.42. The minimum atomic E-state index is 0.00708. The van der Waals surface area contributed by atoms with E-state index in [-0.39, 0.29) is 5.91 Å². The highest BCUT2D eigenvalue weighted by atomic mass is 32.1. The predicted molar refractivity (Wildman–Crippen MR) is 59.9 cm³/mol. The van der Waals surface area contributed by atoms with Gasteiger partial charge in [0.05, 0.1) is 17.2 Å². The molecule has 1 aromatic heterocycles. The fourth-order valence-electron chi connectivity index (χ4n) is 1.31. The van der Waals surface area contributed by atoms with E-state index in [1.165, 1.54) is 17.8 Å². The van der Waals surface area contributed by atoms with Gasteiger partial charge in [-0.15, -0.1) is 11.3 Å². The number of rotatable bonds is 5. The average molecular weight is 225 g/mol. The van der Waals surface area contributed by atoms with Crippen LogP contribution in [-0.4, -0.2) is 24.5 Å². The SMILES string of the molecule is CNC(=O)CNCc1csc(C2CC2)n1. The van der Waals surface area contributed by atoms with E-state index in [0.717, 1.165) is 11.6 Å². The zero-order valence-corrected chi connectivity index (χ0v) is 9.56. The van der Waals surface area contributed by atoms with Crippen LogP contribution in [0.4, 0.5) is 0 Å². The molecular weight excluding hydrogens is 210 g/mol. The number of carbonyl (C=O) groups is 1. The van der Waals surface area contributed by atoms with Crippen LogP contribution in [0.5, 0.6) is 0 Å². The maximum atomic E-state index is 10.9. The van der Waals surface area contributed by atoms with E-state index < -0.39 is 0 Å². The Balaban J connectivity index is 1.75. The van der Waals surface area contributed by atoms with Crippen LogP contribution in [0.1, 0.15) is 29.5 Å². The molecule has 1 aliphatic carbocycles. The van der Waals surface area contributed by atoms with Crippen LogP contribution in [0.3, 0.4) is 0 Å². The van der Waals surface area contributed by atoms with Gasteiger partial charge in [0.2, 0.25) is 5.91 Å². The van der Waals surface area contributed by atoms with Crippen LogP contribution >= 0.6 is 11.3 Å². The highest BCUT2D eigenvalue weighted by Crippen LogP contribution is 2.41. The van der Waals surface area contributed by atoms with Crippen molar-refractivity contribution >= 4 is 17.2 Å². The van der Waals surface area contributed by atoms with Crippen molar-refractivity contribution in [2.45, 2.75) is 25.3 Å². The first kappa shape index (κ1) is 10.6. The summed E-state index contributed by atoms with van der Waals surface area (Å²) in [5.74, 6) is 0.732. The van der Waals surface area contributed by atoms with Gasteiger partial charge >= 0.3 is 0 Å². The van der Waals surface area contributed by atoms with Crippen molar-refractivity contribution in [2.24, 2.45) is 0 Å². The number of thiazole rings is 1. The molecule has 0 unspecified atom stereocenters. The summed E-state index contributed by atoms with van der Waals surface area (Å²) in [6, 6.07) is 0. The van der Waals surface area contributed by atoms with Gasteiger partial charge in [-0.05, 0) is 12.8 Å². The standard InChI is InChI=1S/C10H15N3OS/c1-11-9(14)5-12-4-8-6-15-10(13-8)7-2-3-7/h6-7,12H,2-5H2,1H3,(H,11,14). The molecular formula is C10H15N3OS. The van der Waals surface area contributed by atoms with Crippen LogP contribution in [0.2, 0.25) is 0 Å². The zero-order valence-electron chi connectivity index (χ0n) is 8.75. The average Bonchev–Trinajstić information content (AvgIpc) is 2.99. The Labute approximate surface area is 93.1 Å². The molecule has 5 heteroatoms. The zero-order chi connectivity index (χ0) is 10.7. The molecule has 0 aliphatic heterocycles. The first-order valence-electron chi connectivity index (χ1n) is 5.15. The number of nitrogens with one attached hydrogen (secondary N) is 2. The fraction of sp³-hybridized carbons (Fsp3) is 0.600. The summed E-state index contributed by atoms with van der Waals surface area (Å²) in [4.78, 5) is 15.5. The molecule has 1 fully saturated rings. The predicted octanol–water partition coefficient (Wildman–Crippen LogP) is 0.856. The number of carbonyl (C=O) groups excluding carboxylic acids is 1. The van der Waals surface area contributed by atoms with Crippen LogP contribution < -0.4 is 10.6 Å². The van der Waals surface area contributed by atoms with Gasteiger partial charge in [-0.25, -0.2) is 4.98 Å². The van der Waals surface area contributed by atoms with Crippen molar-refractivity contribution in [1.29, 1.82) is 0 Å². The summed E-state index contributed by atoms with van der Waals surface area (Å²) in [5.41, 5.74) is 1.05. The number of nitrogens with zero attached hydrogens (tertiary/aromatic N) is 1. The van der Waals surface area contributed by atoms with Crippen molar-refractivity contribution < 1.29 is 4.79 Å². The molecule has 2 N–H and O–H groups in total. The normalized spacial score (nSPS) is 15.3. The lowest BCUT2D eigenvalue weighted by molar-refractivity contribution is -0.119. The summed E-state index contributed by atoms with van der Waals surface area (Å²) >= 11 is 1.73. The Morgan fingerprint density at radius 3 is 3.13 bits per heavy atom. The number of aromatic nitrogens is 1. The summed E-state index contributed by atoms with van der Waals surface area (Å²) in [6.45, 7) is 1.03. The van der Waals surface area contributed by atoms with Crippen LogP contribution in [0, 0.1) is 0 Å². The summed E-state index contributed by atoms with van der Waals surface area (Å²) in [6.07, 6.45) is 2.58. The molecule has 1 amide bonds. The minimum Gasteiger partial charge on any atom is -0.358 e. The van der Waals surface area contributed by atoms with Crippen molar-refractivity contribution in [2.75, 3.05) is 13.6 Å². The Bertz CT molecular complexity index is 346. The molecule has 1 aliphatic rings. The summed E-state index contributed by atoms with van der Waals surface area (Å²) in [7, 11) is 1.64. The molecule has 82 valence electrons. The van der Waals surface area contributed by atoms with Gasteiger partial charge in [0.1, 0.15) is 0 Å². The smallest absolute Gasteiger partial charge is 0.233 e. The highest BCUT2D eigenvalue weighted by Gasteiger charge is 2.26. The second kappa shape index (κ2) is 4.72. The van der Waals surface area contributed by atoms with Crippen molar-refractivity contribution in [3.8, 4) is 0 Å². The van der Waals surface area contributed by atoms with Crippen molar-refractivity contribution in [3.05, 3.63) is 16.1 Å². The molecule has 0 atom stereocenters. The molecule has 1 aromatic rings. The van der Waals surface area contributed by atoms with Gasteiger partial charge in [0.15, 0.2) is 0 Å². The largest absolute Gasteiger partial charge is 0.358 e. The quantitative estimate of drug-likeness (QED) is 0.781. The second-order valence-corrected chi connectivity index (χ2v) is 4.62. The first-order chi connectivity index (χ1) is 7.29. The molecule has 2 rings (SSSR count). The highest BCUT2D eigenvalue weighted by molar-refractivity contribution is 7.09. The number of hydrogen-bond acceptors (Lipinski definition) is 4. The Kier molecular flexibility index (Phi) is 3.33. The molecule has 1 saturated carbocycles. The van der Waals surface area contributed by atoms with Gasteiger partial charge in [-0.2, -0.15) is 0 Å². The van der Waals surface area contributed by atoms with E-state index in [0.29, 0.717) is 13.1 Å². The summed E-state index contributed by atoms with van der Waals surface area (Å²) < 4.78 is 0. The van der Waals surface area contributed by atoms with Gasteiger partial charge in [-0.3, -0.25) is 4.79 Å². The van der Waals surface area contributed by atoms with E-state index in [2.05, 4.69) is 21.0 Å². The number of hydrogen-bond donors (Lipinski definition) is 2. The van der Waals surface area contributed by atoms with E-state index in [1.807, 2.05) is 0 Å². The summed E-state index contributed by atoms with van der Waals surface area (Å²) in [5, 5.41) is 8.95. The van der Waals surface area contributed by atoms with Gasteiger partial charge in [-0.1, -0.05) is 0 Å². The lowest BCUT2D eigenvalue weighted by Crippen LogP contribution is -2.31. The molecule has 0 radical (unpaired) electrons. The lowest BCUT2D eigenvalue weighted by atomic mass is 10.4. The van der Waals surface area contributed by atoms with Crippen LogP contribution in [-0.2, 0) is 11.3 Å². The van der Waals surface area contributed by atoms with Crippen LogP contribution in [0.15, 0.2) is 5.38 Å². The molecule has 0 aromatic carbocycles. The monoisotopic (exact) mass is 225 g/mol. The van der Waals surface area contributed by atoms with E-state index in [9.17, 15) is 4.79 Å². The fourth-order valence-corrected chi connectivity index (χ4v) is 2.31. The number of amides is 1. The first-order valence-corrected chi connectivity index (χ1v) is 6.03. The second-order valence-electron chi connectivity index (χ2n) is 3.73. The topological polar surface area (TPSA) is 54.0 Å². The maximum absolute atomic E-state index is 10.9. The molecule has 4 nitrogen and oxygen atoms in total. The van der Waals surface area contributed by atoms with E-state index in [4.69, 9.17) is 0 Å². The third-order valence-electron chi connectivity index (χ3n) is 2.37. The Hall–Kier alpha value is -0.940. The van der Waals surface area contributed by atoms with Crippen LogP contribution in [0.25, 0.3) is 0 Å². The third kappa shape index (κ3) is 3.00. The Morgan fingerprint density at radius 1 is 1.67 bits per heavy atom. The molecule has 1 heterocycles. The lowest BCUT2D eigenvalue weighted by Gasteiger charge is -2.00. The van der Waals surface area contributed by atoms with Crippen molar-refractivity contribution in [1.82, 2.24) is 15.6 Å². The number of likely N-dealkylation sites (N-methyl/N-ethyl adjacent to an activating group) is 1.